The van der Waals surface area contributed by atoms with Gasteiger partial charge in [-0.2, -0.15) is 4.99 Å². The summed E-state index contributed by atoms with van der Waals surface area (Å²) < 4.78 is 13.5. The third-order valence-electron chi connectivity index (χ3n) is 4.43. The van der Waals surface area contributed by atoms with Gasteiger partial charge >= 0.3 is 0 Å². The van der Waals surface area contributed by atoms with Gasteiger partial charge in [-0.1, -0.05) is 42.5 Å². The fourth-order valence-electron chi connectivity index (χ4n) is 3.18. The molecule has 0 saturated carbocycles. The van der Waals surface area contributed by atoms with Gasteiger partial charge in [0.1, 0.15) is 11.7 Å². The Balaban J connectivity index is 1.80. The average Bonchev–Trinajstić information content (AvgIpc) is 3.00. The third kappa shape index (κ3) is 3.02. The minimum absolute atomic E-state index is 0.242. The molecule has 4 rings (SSSR count). The summed E-state index contributed by atoms with van der Waals surface area (Å²) in [5.74, 6) is -0.298. The fourth-order valence-corrected chi connectivity index (χ4v) is 3.18. The van der Waals surface area contributed by atoms with Crippen LogP contribution in [0, 0.1) is 12.7 Å². The van der Waals surface area contributed by atoms with Gasteiger partial charge in [-0.15, -0.1) is 0 Å². The molecule has 0 aliphatic carbocycles. The summed E-state index contributed by atoms with van der Waals surface area (Å²) in [4.78, 5) is 19.0. The Bertz CT molecular complexity index is 1030. The lowest BCUT2D eigenvalue weighted by Crippen LogP contribution is -2.25. The molecule has 1 aliphatic rings. The van der Waals surface area contributed by atoms with Crippen LogP contribution in [-0.2, 0) is 6.54 Å². The van der Waals surface area contributed by atoms with Crippen molar-refractivity contribution in [2.75, 3.05) is 4.90 Å². The average molecular weight is 344 g/mol. The number of amidine groups is 1. The Hall–Kier alpha value is -3.27. The topological polar surface area (TPSA) is 32.7 Å². The molecular weight excluding hydrogens is 327 g/mol. The number of amides is 1. The van der Waals surface area contributed by atoms with Crippen LogP contribution in [0.1, 0.15) is 27.0 Å². The van der Waals surface area contributed by atoms with E-state index >= 15 is 0 Å². The van der Waals surface area contributed by atoms with Crippen LogP contribution in [-0.4, -0.2) is 11.7 Å². The van der Waals surface area contributed by atoms with Gasteiger partial charge < -0.3 is 4.90 Å². The molecule has 0 fully saturated rings. The lowest BCUT2D eigenvalue weighted by atomic mass is 10.1. The highest BCUT2D eigenvalue weighted by molar-refractivity contribution is 6.18. The second kappa shape index (κ2) is 6.56. The van der Waals surface area contributed by atoms with E-state index in [1.165, 1.54) is 18.2 Å². The highest BCUT2D eigenvalue weighted by Gasteiger charge is 2.27. The Morgan fingerprint density at radius 1 is 1.00 bits per heavy atom. The van der Waals surface area contributed by atoms with Gasteiger partial charge in [0, 0.05) is 16.8 Å². The molecule has 1 aliphatic heterocycles. The van der Waals surface area contributed by atoms with Gasteiger partial charge in [0.15, 0.2) is 0 Å². The maximum atomic E-state index is 13.5. The smallest absolute Gasteiger partial charge is 0.279 e. The molecule has 26 heavy (non-hydrogen) atoms. The second-order valence-corrected chi connectivity index (χ2v) is 6.33. The van der Waals surface area contributed by atoms with Crippen molar-refractivity contribution in [3.8, 4) is 0 Å². The van der Waals surface area contributed by atoms with Crippen molar-refractivity contribution in [1.29, 1.82) is 0 Å². The van der Waals surface area contributed by atoms with E-state index in [2.05, 4.69) is 11.1 Å². The van der Waals surface area contributed by atoms with Crippen LogP contribution in [0.4, 0.5) is 10.1 Å². The third-order valence-corrected chi connectivity index (χ3v) is 4.43. The van der Waals surface area contributed by atoms with E-state index < -0.39 is 11.7 Å². The molecule has 0 saturated heterocycles. The largest absolute Gasteiger partial charge is 0.321 e. The van der Waals surface area contributed by atoms with Crippen molar-refractivity contribution in [1.82, 2.24) is 0 Å². The zero-order valence-electron chi connectivity index (χ0n) is 14.3. The van der Waals surface area contributed by atoms with E-state index in [-0.39, 0.29) is 5.56 Å². The van der Waals surface area contributed by atoms with Gasteiger partial charge in [-0.3, -0.25) is 4.79 Å². The van der Waals surface area contributed by atoms with E-state index in [4.69, 9.17) is 0 Å². The van der Waals surface area contributed by atoms with Gasteiger partial charge in [-0.25, -0.2) is 4.39 Å². The molecule has 0 unspecified atom stereocenters. The Morgan fingerprint density at radius 3 is 2.62 bits per heavy atom. The number of rotatable bonds is 2. The molecule has 0 radical (unpaired) electrons. The zero-order chi connectivity index (χ0) is 18.1. The first-order valence-corrected chi connectivity index (χ1v) is 8.43. The lowest BCUT2D eigenvalue weighted by Gasteiger charge is -2.19. The molecule has 1 heterocycles. The normalized spacial score (nSPS) is 14.5. The molecular formula is C22H17FN2O. The molecule has 0 bridgehead atoms. The molecule has 3 aromatic rings. The van der Waals surface area contributed by atoms with Crippen molar-refractivity contribution in [3.05, 3.63) is 101 Å². The van der Waals surface area contributed by atoms with E-state index in [0.717, 1.165) is 22.4 Å². The first-order valence-electron chi connectivity index (χ1n) is 8.43. The maximum absolute atomic E-state index is 13.5. The quantitative estimate of drug-likeness (QED) is 0.672. The number of hydrogen-bond acceptors (Lipinski definition) is 1. The monoisotopic (exact) mass is 344 g/mol. The summed E-state index contributed by atoms with van der Waals surface area (Å²) in [6, 6.07) is 21.6. The van der Waals surface area contributed by atoms with Gasteiger partial charge in [0.25, 0.3) is 5.91 Å². The summed E-state index contributed by atoms with van der Waals surface area (Å²) in [6.07, 6.45) is 0. The van der Waals surface area contributed by atoms with E-state index in [1.54, 1.807) is 6.07 Å². The first kappa shape index (κ1) is 16.2. The number of carbonyl (C=O) groups is 1. The lowest BCUT2D eigenvalue weighted by molar-refractivity contribution is 0.100. The van der Waals surface area contributed by atoms with Crippen LogP contribution < -0.4 is 4.90 Å². The molecule has 0 spiro atoms. The van der Waals surface area contributed by atoms with E-state index in [1.807, 2.05) is 54.3 Å². The minimum Gasteiger partial charge on any atom is -0.321 e. The SMILES string of the molecule is Cc1cccc(N2Cc3ccccc3C2=NC(=O)c2cccc(F)c2)c1. The molecule has 3 nitrogen and oxygen atoms in total. The van der Waals surface area contributed by atoms with Crippen molar-refractivity contribution in [2.24, 2.45) is 4.99 Å². The number of hydrogen-bond donors (Lipinski definition) is 0. The van der Waals surface area contributed by atoms with E-state index in [0.29, 0.717) is 12.4 Å². The highest BCUT2D eigenvalue weighted by Crippen LogP contribution is 2.29. The summed E-state index contributed by atoms with van der Waals surface area (Å²) in [6.45, 7) is 2.68. The van der Waals surface area contributed by atoms with Crippen molar-refractivity contribution >= 4 is 17.4 Å². The molecule has 1 amide bonds. The fraction of sp³-hybridized carbons (Fsp3) is 0.0909. The van der Waals surface area contributed by atoms with Crippen LogP contribution in [0.3, 0.4) is 0 Å². The van der Waals surface area contributed by atoms with Gasteiger partial charge in [0.05, 0.1) is 6.54 Å². The van der Waals surface area contributed by atoms with Gasteiger partial charge in [0.2, 0.25) is 0 Å². The van der Waals surface area contributed by atoms with Crippen LogP contribution in [0.25, 0.3) is 0 Å². The van der Waals surface area contributed by atoms with Crippen molar-refractivity contribution in [2.45, 2.75) is 13.5 Å². The molecule has 3 aromatic carbocycles. The zero-order valence-corrected chi connectivity index (χ0v) is 14.3. The number of fused-ring (bicyclic) bond motifs is 1. The standard InChI is InChI=1S/C22H17FN2O/c1-15-6-4-10-19(12-15)25-14-17-7-2-3-11-20(17)21(25)24-22(26)16-8-5-9-18(23)13-16/h2-13H,14H2,1H3. The molecule has 0 N–H and O–H groups in total. The number of carbonyl (C=O) groups excluding carboxylic acids is 1. The number of aryl methyl sites for hydroxylation is 1. The van der Waals surface area contributed by atoms with Crippen molar-refractivity contribution < 1.29 is 9.18 Å². The van der Waals surface area contributed by atoms with Crippen LogP contribution >= 0.6 is 0 Å². The molecule has 128 valence electrons. The summed E-state index contributed by atoms with van der Waals surface area (Å²) in [7, 11) is 0. The molecule has 0 aromatic heterocycles. The van der Waals surface area contributed by atoms with Crippen LogP contribution in [0.15, 0.2) is 77.8 Å². The number of aliphatic imine (C=N–C) groups is 1. The number of halogens is 1. The van der Waals surface area contributed by atoms with E-state index in [9.17, 15) is 9.18 Å². The van der Waals surface area contributed by atoms with Gasteiger partial charge in [-0.05, 0) is 48.4 Å². The maximum Gasteiger partial charge on any atom is 0.279 e. The summed E-state index contributed by atoms with van der Waals surface area (Å²) >= 11 is 0. The van der Waals surface area contributed by atoms with Crippen LogP contribution in [0.5, 0.6) is 0 Å². The summed E-state index contributed by atoms with van der Waals surface area (Å²) in [5, 5.41) is 0. The minimum atomic E-state index is -0.450. The molecule has 0 atom stereocenters. The first-order chi connectivity index (χ1) is 12.6. The Kier molecular flexibility index (Phi) is 4.09. The predicted octanol–water partition coefficient (Wildman–Crippen LogP) is 4.74. The number of nitrogens with zero attached hydrogens (tertiary/aromatic N) is 2. The van der Waals surface area contributed by atoms with Crippen molar-refractivity contribution in [3.63, 3.8) is 0 Å². The second-order valence-electron chi connectivity index (χ2n) is 6.33. The molecule has 4 heteroatoms. The summed E-state index contributed by atoms with van der Waals surface area (Å²) in [5.41, 5.74) is 4.39. The van der Waals surface area contributed by atoms with Crippen LogP contribution in [0.2, 0.25) is 0 Å². The number of benzene rings is 3. The highest BCUT2D eigenvalue weighted by atomic mass is 19.1. The Labute approximate surface area is 151 Å². The predicted molar refractivity (Wildman–Crippen MR) is 101 cm³/mol. The number of anilines is 1. The Morgan fingerprint density at radius 2 is 1.81 bits per heavy atom.